The maximum absolute atomic E-state index is 4.59. The summed E-state index contributed by atoms with van der Waals surface area (Å²) in [6.07, 6.45) is 3.72. The summed E-state index contributed by atoms with van der Waals surface area (Å²) in [5.41, 5.74) is 2.18. The van der Waals surface area contributed by atoms with Crippen LogP contribution in [0.3, 0.4) is 0 Å². The van der Waals surface area contributed by atoms with Crippen molar-refractivity contribution in [3.05, 3.63) is 24.2 Å². The first-order valence-electron chi connectivity index (χ1n) is 7.62. The minimum Gasteiger partial charge on any atom is -0.367 e. The molecule has 1 N–H and O–H groups in total. The molecule has 0 spiro atoms. The van der Waals surface area contributed by atoms with Gasteiger partial charge in [-0.15, -0.1) is 0 Å². The smallest absolute Gasteiger partial charge is 0.152 e. The normalized spacial score (nSPS) is 16.7. The van der Waals surface area contributed by atoms with E-state index in [4.69, 9.17) is 0 Å². The van der Waals surface area contributed by atoms with E-state index >= 15 is 0 Å². The van der Waals surface area contributed by atoms with Gasteiger partial charge in [-0.2, -0.15) is 16.9 Å². The zero-order valence-corrected chi connectivity index (χ0v) is 13.6. The van der Waals surface area contributed by atoms with Crippen LogP contribution >= 0.6 is 11.8 Å². The van der Waals surface area contributed by atoms with Crippen molar-refractivity contribution < 1.29 is 0 Å². The van der Waals surface area contributed by atoms with E-state index < -0.39 is 0 Å². The fourth-order valence-corrected chi connectivity index (χ4v) is 3.50. The van der Waals surface area contributed by atoms with E-state index in [0.29, 0.717) is 5.92 Å². The number of thioether (sulfide) groups is 1. The number of anilines is 1. The van der Waals surface area contributed by atoms with E-state index in [-0.39, 0.29) is 0 Å². The van der Waals surface area contributed by atoms with Crippen LogP contribution in [0.5, 0.6) is 0 Å². The van der Waals surface area contributed by atoms with Gasteiger partial charge < -0.3 is 5.32 Å². The van der Waals surface area contributed by atoms with Gasteiger partial charge in [0, 0.05) is 50.1 Å². The van der Waals surface area contributed by atoms with Crippen molar-refractivity contribution in [3.8, 4) is 0 Å². The van der Waals surface area contributed by atoms with Gasteiger partial charge >= 0.3 is 0 Å². The molecule has 3 heterocycles. The Labute approximate surface area is 130 Å². The van der Waals surface area contributed by atoms with Crippen molar-refractivity contribution in [1.29, 1.82) is 0 Å². The largest absolute Gasteiger partial charge is 0.367 e. The van der Waals surface area contributed by atoms with Crippen LogP contribution in [0.1, 0.15) is 25.5 Å². The lowest BCUT2D eigenvalue weighted by molar-refractivity contribution is 0.314. The number of hydrogen-bond acceptors (Lipinski definition) is 5. The van der Waals surface area contributed by atoms with Gasteiger partial charge in [0.2, 0.25) is 0 Å². The van der Waals surface area contributed by atoms with Gasteiger partial charge in [-0.25, -0.2) is 9.50 Å². The molecule has 0 amide bonds. The minimum absolute atomic E-state index is 0.434. The average Bonchev–Trinajstić information content (AvgIpc) is 2.94. The predicted octanol–water partition coefficient (Wildman–Crippen LogP) is 2.31. The van der Waals surface area contributed by atoms with Crippen LogP contribution in [-0.2, 0) is 0 Å². The van der Waals surface area contributed by atoms with Crippen molar-refractivity contribution in [3.63, 3.8) is 0 Å². The van der Waals surface area contributed by atoms with E-state index in [2.05, 4.69) is 40.2 Å². The number of nitrogens with zero attached hydrogens (tertiary/aromatic N) is 4. The second-order valence-electron chi connectivity index (χ2n) is 5.71. The highest BCUT2D eigenvalue weighted by Gasteiger charge is 2.11. The number of hydrogen-bond donors (Lipinski definition) is 1. The first-order chi connectivity index (χ1) is 10.2. The van der Waals surface area contributed by atoms with Gasteiger partial charge in [0.05, 0.1) is 5.69 Å². The van der Waals surface area contributed by atoms with E-state index in [9.17, 15) is 0 Å². The van der Waals surface area contributed by atoms with Crippen molar-refractivity contribution in [2.24, 2.45) is 0 Å². The zero-order valence-electron chi connectivity index (χ0n) is 12.7. The van der Waals surface area contributed by atoms with Crippen LogP contribution in [0.15, 0.2) is 18.5 Å². The summed E-state index contributed by atoms with van der Waals surface area (Å²) in [5, 5.41) is 8.06. The summed E-state index contributed by atoms with van der Waals surface area (Å²) in [7, 11) is 0. The molecule has 0 aliphatic carbocycles. The molecule has 1 saturated heterocycles. The zero-order chi connectivity index (χ0) is 14.7. The molecule has 0 aromatic carbocycles. The molecule has 1 aliphatic heterocycles. The van der Waals surface area contributed by atoms with Crippen molar-refractivity contribution in [2.75, 3.05) is 43.0 Å². The van der Waals surface area contributed by atoms with Crippen LogP contribution < -0.4 is 5.32 Å². The molecule has 0 atom stereocenters. The topological polar surface area (TPSA) is 45.5 Å². The Morgan fingerprint density at radius 2 is 2.14 bits per heavy atom. The third-order valence-corrected chi connectivity index (χ3v) is 4.77. The van der Waals surface area contributed by atoms with Crippen LogP contribution in [0.25, 0.3) is 5.52 Å². The molecule has 2 aromatic heterocycles. The van der Waals surface area contributed by atoms with Gasteiger partial charge in [-0.3, -0.25) is 4.90 Å². The third kappa shape index (κ3) is 3.49. The maximum atomic E-state index is 4.59. The molecule has 0 unspecified atom stereocenters. The highest BCUT2D eigenvalue weighted by atomic mass is 32.2. The van der Waals surface area contributed by atoms with Crippen LogP contribution in [0, 0.1) is 0 Å². The molecule has 0 saturated carbocycles. The Balaban J connectivity index is 1.65. The first kappa shape index (κ1) is 14.7. The van der Waals surface area contributed by atoms with E-state index in [0.717, 1.165) is 30.1 Å². The molecule has 0 bridgehead atoms. The Kier molecular flexibility index (Phi) is 4.65. The SMILES string of the molecule is CC(C)c1cc2c(NCCN3CCSCC3)nccn2n1. The molecule has 1 aliphatic rings. The lowest BCUT2D eigenvalue weighted by Gasteiger charge is -2.26. The van der Waals surface area contributed by atoms with Gasteiger partial charge in [0.25, 0.3) is 0 Å². The highest BCUT2D eigenvalue weighted by molar-refractivity contribution is 7.99. The fourth-order valence-electron chi connectivity index (χ4n) is 2.52. The molecule has 3 rings (SSSR count). The summed E-state index contributed by atoms with van der Waals surface area (Å²) in [6, 6.07) is 2.14. The summed E-state index contributed by atoms with van der Waals surface area (Å²) >= 11 is 2.05. The van der Waals surface area contributed by atoms with Gasteiger partial charge in [0.15, 0.2) is 5.82 Å². The Morgan fingerprint density at radius 1 is 1.33 bits per heavy atom. The van der Waals surface area contributed by atoms with Crippen LogP contribution in [0.2, 0.25) is 0 Å². The number of rotatable bonds is 5. The molecule has 21 heavy (non-hydrogen) atoms. The average molecular weight is 305 g/mol. The molecule has 0 radical (unpaired) electrons. The summed E-state index contributed by atoms with van der Waals surface area (Å²) in [6.45, 7) is 8.74. The highest BCUT2D eigenvalue weighted by Crippen LogP contribution is 2.19. The standard InChI is InChI=1S/C15H23N5S/c1-12(2)13-11-14-15(17-4-6-20(14)18-13)16-3-5-19-7-9-21-10-8-19/h4,6,11-12H,3,5,7-10H2,1-2H3,(H,16,17). The third-order valence-electron chi connectivity index (χ3n) is 3.82. The van der Waals surface area contributed by atoms with Gasteiger partial charge in [-0.1, -0.05) is 13.8 Å². The van der Waals surface area contributed by atoms with Crippen LogP contribution in [-0.4, -0.2) is 57.2 Å². The van der Waals surface area contributed by atoms with Crippen LogP contribution in [0.4, 0.5) is 5.82 Å². The van der Waals surface area contributed by atoms with Crippen molar-refractivity contribution in [2.45, 2.75) is 19.8 Å². The number of aromatic nitrogens is 3. The molecule has 6 heteroatoms. The fraction of sp³-hybridized carbons (Fsp3) is 0.600. The minimum atomic E-state index is 0.434. The molecule has 5 nitrogen and oxygen atoms in total. The number of nitrogens with one attached hydrogen (secondary N) is 1. The molecule has 114 valence electrons. The summed E-state index contributed by atoms with van der Waals surface area (Å²) in [5.74, 6) is 3.88. The number of fused-ring (bicyclic) bond motifs is 1. The lowest BCUT2D eigenvalue weighted by atomic mass is 10.1. The molecule has 1 fully saturated rings. The second-order valence-corrected chi connectivity index (χ2v) is 6.94. The summed E-state index contributed by atoms with van der Waals surface area (Å²) < 4.78 is 1.92. The maximum Gasteiger partial charge on any atom is 0.152 e. The van der Waals surface area contributed by atoms with Crippen molar-refractivity contribution in [1.82, 2.24) is 19.5 Å². The first-order valence-corrected chi connectivity index (χ1v) is 8.78. The summed E-state index contributed by atoms with van der Waals surface area (Å²) in [4.78, 5) is 6.98. The molecular formula is C15H23N5S. The Hall–Kier alpha value is -1.27. The quantitative estimate of drug-likeness (QED) is 0.918. The van der Waals surface area contributed by atoms with E-state index in [1.807, 2.05) is 28.7 Å². The Morgan fingerprint density at radius 3 is 2.90 bits per heavy atom. The second kappa shape index (κ2) is 6.66. The van der Waals surface area contributed by atoms with Gasteiger partial charge in [-0.05, 0) is 12.0 Å². The predicted molar refractivity (Wildman–Crippen MR) is 89.3 cm³/mol. The molecule has 2 aromatic rings. The monoisotopic (exact) mass is 305 g/mol. The Bertz CT molecular complexity index is 589. The van der Waals surface area contributed by atoms with Crippen molar-refractivity contribution >= 4 is 23.1 Å². The molecular weight excluding hydrogens is 282 g/mol. The van der Waals surface area contributed by atoms with E-state index in [1.54, 1.807) is 0 Å². The van der Waals surface area contributed by atoms with E-state index in [1.165, 1.54) is 24.6 Å². The van der Waals surface area contributed by atoms with Gasteiger partial charge in [0.1, 0.15) is 5.52 Å². The lowest BCUT2D eigenvalue weighted by Crippen LogP contribution is -2.36.